The summed E-state index contributed by atoms with van der Waals surface area (Å²) in [6.07, 6.45) is 6.67. The highest BCUT2D eigenvalue weighted by molar-refractivity contribution is 6.07. The molecule has 0 radical (unpaired) electrons. The van der Waals surface area contributed by atoms with Gasteiger partial charge in [0.2, 0.25) is 5.91 Å². The number of furan rings is 1. The lowest BCUT2D eigenvalue weighted by Gasteiger charge is -2.23. The Kier molecular flexibility index (Phi) is 6.58. The van der Waals surface area contributed by atoms with Crippen LogP contribution in [0.5, 0.6) is 0 Å². The monoisotopic (exact) mass is 450 g/mol. The number of nitrogens with zero attached hydrogens (tertiary/aromatic N) is 3. The first-order valence-electron chi connectivity index (χ1n) is 10.1. The SMILES string of the molecule is O=C(CCn1ccnc1)Nc1cccc(C(=O)N(Cc2ccco2)c2ccc(F)cc2F)c1. The first kappa shape index (κ1) is 21.9. The smallest absolute Gasteiger partial charge is 0.258 e. The molecule has 0 aliphatic rings. The molecule has 0 aliphatic carbocycles. The van der Waals surface area contributed by atoms with Crippen LogP contribution < -0.4 is 10.2 Å². The summed E-state index contributed by atoms with van der Waals surface area (Å²) in [5.41, 5.74) is 0.555. The second-order valence-electron chi connectivity index (χ2n) is 7.25. The number of carbonyl (C=O) groups excluding carboxylic acids is 2. The molecule has 2 heterocycles. The average molecular weight is 450 g/mol. The van der Waals surface area contributed by atoms with Crippen LogP contribution in [-0.4, -0.2) is 21.4 Å². The highest BCUT2D eigenvalue weighted by Gasteiger charge is 2.23. The summed E-state index contributed by atoms with van der Waals surface area (Å²) in [4.78, 5) is 30.7. The van der Waals surface area contributed by atoms with E-state index in [2.05, 4.69) is 10.3 Å². The second kappa shape index (κ2) is 9.90. The molecule has 2 amide bonds. The number of hydrogen-bond donors (Lipinski definition) is 1. The predicted molar refractivity (Wildman–Crippen MR) is 117 cm³/mol. The van der Waals surface area contributed by atoms with Gasteiger partial charge >= 0.3 is 0 Å². The molecular formula is C24H20F2N4O3. The van der Waals surface area contributed by atoms with Crippen molar-refractivity contribution in [3.63, 3.8) is 0 Å². The largest absolute Gasteiger partial charge is 0.467 e. The number of hydrogen-bond acceptors (Lipinski definition) is 4. The van der Waals surface area contributed by atoms with Crippen LogP contribution in [0.15, 0.2) is 84.0 Å². The molecule has 0 spiro atoms. The van der Waals surface area contributed by atoms with E-state index in [1.165, 1.54) is 18.4 Å². The number of imidazole rings is 1. The van der Waals surface area contributed by atoms with Crippen molar-refractivity contribution in [1.29, 1.82) is 0 Å². The van der Waals surface area contributed by atoms with Gasteiger partial charge in [0.1, 0.15) is 17.4 Å². The molecule has 168 valence electrons. The number of anilines is 2. The lowest BCUT2D eigenvalue weighted by molar-refractivity contribution is -0.116. The van der Waals surface area contributed by atoms with E-state index in [1.54, 1.807) is 53.6 Å². The zero-order valence-corrected chi connectivity index (χ0v) is 17.4. The van der Waals surface area contributed by atoms with Gasteiger partial charge in [-0.15, -0.1) is 0 Å². The Hall–Kier alpha value is -4.27. The Labute approximate surface area is 188 Å². The van der Waals surface area contributed by atoms with Gasteiger partial charge in [0.25, 0.3) is 5.91 Å². The first-order valence-corrected chi connectivity index (χ1v) is 10.1. The molecular weight excluding hydrogens is 430 g/mol. The van der Waals surface area contributed by atoms with Crippen molar-refractivity contribution in [2.24, 2.45) is 0 Å². The summed E-state index contributed by atoms with van der Waals surface area (Å²) in [6.45, 7) is 0.404. The molecule has 1 N–H and O–H groups in total. The van der Waals surface area contributed by atoms with Crippen LogP contribution in [-0.2, 0) is 17.9 Å². The Morgan fingerprint density at radius 1 is 1.09 bits per heavy atom. The van der Waals surface area contributed by atoms with Gasteiger partial charge in [0.05, 0.1) is 24.8 Å². The number of aryl methyl sites for hydroxylation is 1. The number of benzene rings is 2. The van der Waals surface area contributed by atoms with Crippen LogP contribution in [0, 0.1) is 11.6 Å². The molecule has 4 rings (SSSR count). The van der Waals surface area contributed by atoms with E-state index < -0.39 is 17.5 Å². The summed E-state index contributed by atoms with van der Waals surface area (Å²) in [5.74, 6) is -1.96. The molecule has 4 aromatic rings. The van der Waals surface area contributed by atoms with Gasteiger partial charge < -0.3 is 14.3 Å². The summed E-state index contributed by atoms with van der Waals surface area (Å²) in [5, 5.41) is 2.76. The second-order valence-corrected chi connectivity index (χ2v) is 7.25. The van der Waals surface area contributed by atoms with Crippen molar-refractivity contribution in [3.8, 4) is 0 Å². The molecule has 0 unspecified atom stereocenters. The number of aromatic nitrogens is 2. The number of halogens is 2. The van der Waals surface area contributed by atoms with Crippen LogP contribution in [0.25, 0.3) is 0 Å². The summed E-state index contributed by atoms with van der Waals surface area (Å²) < 4.78 is 35.1. The zero-order chi connectivity index (χ0) is 23.2. The number of nitrogens with one attached hydrogen (secondary N) is 1. The fourth-order valence-corrected chi connectivity index (χ4v) is 3.28. The van der Waals surface area contributed by atoms with Crippen LogP contribution in [0.1, 0.15) is 22.5 Å². The summed E-state index contributed by atoms with van der Waals surface area (Å²) in [7, 11) is 0. The van der Waals surface area contributed by atoms with Crippen LogP contribution in [0.2, 0.25) is 0 Å². The van der Waals surface area contributed by atoms with E-state index in [1.807, 2.05) is 0 Å². The van der Waals surface area contributed by atoms with Crippen molar-refractivity contribution in [2.45, 2.75) is 19.5 Å². The Morgan fingerprint density at radius 3 is 2.70 bits per heavy atom. The molecule has 2 aromatic heterocycles. The van der Waals surface area contributed by atoms with Crippen LogP contribution >= 0.6 is 0 Å². The van der Waals surface area contributed by atoms with E-state index in [9.17, 15) is 18.4 Å². The van der Waals surface area contributed by atoms with Crippen molar-refractivity contribution < 1.29 is 22.8 Å². The minimum atomic E-state index is -0.876. The fourth-order valence-electron chi connectivity index (χ4n) is 3.28. The van der Waals surface area contributed by atoms with E-state index in [0.717, 1.165) is 11.0 Å². The van der Waals surface area contributed by atoms with Crippen LogP contribution in [0.4, 0.5) is 20.2 Å². The Morgan fingerprint density at radius 2 is 1.97 bits per heavy atom. The number of rotatable bonds is 8. The molecule has 9 heteroatoms. The normalized spacial score (nSPS) is 10.7. The van der Waals surface area contributed by atoms with Gasteiger partial charge in [0.15, 0.2) is 0 Å². The molecule has 7 nitrogen and oxygen atoms in total. The maximum atomic E-state index is 14.5. The minimum Gasteiger partial charge on any atom is -0.467 e. The summed E-state index contributed by atoms with van der Waals surface area (Å²) >= 11 is 0. The standard InChI is InChI=1S/C24H20F2N4O3/c25-18-6-7-22(21(26)14-18)30(15-20-5-2-12-33-20)24(32)17-3-1-4-19(13-17)28-23(31)8-10-29-11-9-27-16-29/h1-7,9,11-14,16H,8,10,15H2,(H,28,31). The first-order chi connectivity index (χ1) is 16.0. The van der Waals surface area contributed by atoms with E-state index >= 15 is 0 Å². The summed E-state index contributed by atoms with van der Waals surface area (Å²) in [6, 6.07) is 12.6. The quantitative estimate of drug-likeness (QED) is 0.425. The van der Waals surface area contributed by atoms with Crippen molar-refractivity contribution in [2.75, 3.05) is 10.2 Å². The van der Waals surface area contributed by atoms with E-state index in [-0.39, 0.29) is 30.1 Å². The lowest BCUT2D eigenvalue weighted by atomic mass is 10.1. The zero-order valence-electron chi connectivity index (χ0n) is 17.4. The van der Waals surface area contributed by atoms with Crippen molar-refractivity contribution >= 4 is 23.2 Å². The minimum absolute atomic E-state index is 0.0596. The maximum Gasteiger partial charge on any atom is 0.258 e. The molecule has 0 saturated carbocycles. The van der Waals surface area contributed by atoms with Gasteiger partial charge in [-0.25, -0.2) is 13.8 Å². The highest BCUT2D eigenvalue weighted by atomic mass is 19.1. The molecule has 2 aromatic carbocycles. The molecule has 0 aliphatic heterocycles. The predicted octanol–water partition coefficient (Wildman–Crippen LogP) is 4.63. The maximum absolute atomic E-state index is 14.5. The van der Waals surface area contributed by atoms with Gasteiger partial charge in [-0.3, -0.25) is 14.5 Å². The number of carbonyl (C=O) groups is 2. The Bertz CT molecular complexity index is 1240. The number of amides is 2. The fraction of sp³-hybridized carbons (Fsp3) is 0.125. The molecule has 0 bridgehead atoms. The van der Waals surface area contributed by atoms with Crippen molar-refractivity contribution in [1.82, 2.24) is 9.55 Å². The average Bonchev–Trinajstić information content (AvgIpc) is 3.51. The highest BCUT2D eigenvalue weighted by Crippen LogP contribution is 2.25. The molecule has 0 saturated heterocycles. The third-order valence-electron chi connectivity index (χ3n) is 4.89. The lowest BCUT2D eigenvalue weighted by Crippen LogP contribution is -2.31. The molecule has 0 fully saturated rings. The van der Waals surface area contributed by atoms with E-state index in [4.69, 9.17) is 4.42 Å². The molecule has 33 heavy (non-hydrogen) atoms. The van der Waals surface area contributed by atoms with Gasteiger partial charge in [0, 0.05) is 42.7 Å². The third kappa shape index (κ3) is 5.51. The van der Waals surface area contributed by atoms with E-state index in [0.29, 0.717) is 24.1 Å². The Balaban J connectivity index is 1.54. The van der Waals surface area contributed by atoms with Crippen molar-refractivity contribution in [3.05, 3.63) is 103 Å². The van der Waals surface area contributed by atoms with Gasteiger partial charge in [-0.05, 0) is 42.5 Å². The van der Waals surface area contributed by atoms with Gasteiger partial charge in [-0.1, -0.05) is 6.07 Å². The third-order valence-corrected chi connectivity index (χ3v) is 4.89. The van der Waals surface area contributed by atoms with Gasteiger partial charge in [-0.2, -0.15) is 0 Å². The van der Waals surface area contributed by atoms with Crippen LogP contribution in [0.3, 0.4) is 0 Å². The molecule has 0 atom stereocenters. The topological polar surface area (TPSA) is 80.4 Å².